The number of imide groups is 1. The highest BCUT2D eigenvalue weighted by molar-refractivity contribution is 6.06. The predicted octanol–water partition coefficient (Wildman–Crippen LogP) is 2.25. The molecule has 0 spiro atoms. The van der Waals surface area contributed by atoms with E-state index in [-0.39, 0.29) is 48.0 Å². The molecular weight excluding hydrogens is 295 g/mol. The van der Waals surface area contributed by atoms with Crippen molar-refractivity contribution >= 4 is 17.5 Å². The molecule has 2 amide bonds. The van der Waals surface area contributed by atoms with E-state index in [4.69, 9.17) is 0 Å². The summed E-state index contributed by atoms with van der Waals surface area (Å²) >= 11 is 0. The molecule has 0 unspecified atom stereocenters. The van der Waals surface area contributed by atoms with Gasteiger partial charge in [-0.2, -0.15) is 0 Å². The van der Waals surface area contributed by atoms with Crippen LogP contribution in [-0.2, 0) is 9.59 Å². The van der Waals surface area contributed by atoms with Crippen molar-refractivity contribution in [3.8, 4) is 0 Å². The molecule has 2 bridgehead atoms. The van der Waals surface area contributed by atoms with Crippen LogP contribution in [-0.4, -0.2) is 23.4 Å². The number of likely N-dealkylation sites (tertiary alicyclic amines) is 1. The first kappa shape index (κ1) is 13.3. The normalized spacial score (nSPS) is 39.4. The summed E-state index contributed by atoms with van der Waals surface area (Å²) in [5.74, 6) is 1.04. The zero-order valence-electron chi connectivity index (χ0n) is 12.5. The molecule has 1 N–H and O–H groups in total. The zero-order chi connectivity index (χ0) is 15.7. The first-order chi connectivity index (χ1) is 11.1. The summed E-state index contributed by atoms with van der Waals surface area (Å²) in [6, 6.07) is 5.92. The van der Waals surface area contributed by atoms with Gasteiger partial charge in [-0.25, -0.2) is 4.39 Å². The number of halogens is 1. The summed E-state index contributed by atoms with van der Waals surface area (Å²) in [6.07, 6.45) is 5.51. The van der Waals surface area contributed by atoms with Crippen LogP contribution in [0.5, 0.6) is 0 Å². The van der Waals surface area contributed by atoms with Crippen molar-refractivity contribution < 1.29 is 14.0 Å². The number of hydrogen-bond donors (Lipinski definition) is 1. The fourth-order valence-electron chi connectivity index (χ4n) is 4.91. The third-order valence-electron chi connectivity index (χ3n) is 6.04. The molecule has 3 fully saturated rings. The number of allylic oxidation sites excluding steroid dienone is 2. The summed E-state index contributed by atoms with van der Waals surface area (Å²) in [7, 11) is 0. The summed E-state index contributed by atoms with van der Waals surface area (Å²) in [5, 5.41) is 3.05. The third-order valence-corrected chi connectivity index (χ3v) is 6.04. The lowest BCUT2D eigenvalue weighted by molar-refractivity contribution is -0.139. The Morgan fingerprint density at radius 2 is 1.57 bits per heavy atom. The molecule has 4 aliphatic carbocycles. The highest BCUT2D eigenvalue weighted by atomic mass is 19.1. The molecule has 2 saturated carbocycles. The fraction of sp³-hybridized carbons (Fsp3) is 0.444. The summed E-state index contributed by atoms with van der Waals surface area (Å²) in [6.45, 7) is 0.158. The van der Waals surface area contributed by atoms with E-state index in [0.29, 0.717) is 17.5 Å². The second kappa shape index (κ2) is 4.43. The van der Waals surface area contributed by atoms with E-state index < -0.39 is 0 Å². The summed E-state index contributed by atoms with van der Waals surface area (Å²) < 4.78 is 12.9. The van der Waals surface area contributed by atoms with E-state index in [0.717, 1.165) is 0 Å². The van der Waals surface area contributed by atoms with Crippen LogP contribution in [0.1, 0.15) is 6.42 Å². The van der Waals surface area contributed by atoms with Crippen molar-refractivity contribution in [1.82, 2.24) is 4.90 Å². The van der Waals surface area contributed by atoms with Crippen LogP contribution >= 0.6 is 0 Å². The van der Waals surface area contributed by atoms with Crippen LogP contribution in [0, 0.1) is 41.3 Å². The Morgan fingerprint density at radius 1 is 1.00 bits per heavy atom. The Bertz CT molecular complexity index is 693. The number of nitrogens with one attached hydrogen (secondary N) is 1. The number of hydrogen-bond acceptors (Lipinski definition) is 3. The molecule has 6 atom stereocenters. The minimum atomic E-state index is -0.309. The Balaban J connectivity index is 1.36. The van der Waals surface area contributed by atoms with Gasteiger partial charge in [0, 0.05) is 5.69 Å². The quantitative estimate of drug-likeness (QED) is 0.688. The number of carbonyl (C=O) groups is 2. The monoisotopic (exact) mass is 312 g/mol. The lowest BCUT2D eigenvalue weighted by Crippen LogP contribution is -2.40. The van der Waals surface area contributed by atoms with Gasteiger partial charge in [0.15, 0.2) is 0 Å². The first-order valence-corrected chi connectivity index (χ1v) is 8.18. The molecule has 0 aromatic heterocycles. The van der Waals surface area contributed by atoms with Gasteiger partial charge in [0.2, 0.25) is 11.8 Å². The van der Waals surface area contributed by atoms with E-state index in [1.807, 2.05) is 0 Å². The number of carbonyl (C=O) groups excluding carboxylic acids is 2. The topological polar surface area (TPSA) is 49.4 Å². The molecule has 0 radical (unpaired) electrons. The molecular formula is C18H17FN2O2. The highest BCUT2D eigenvalue weighted by Crippen LogP contribution is 2.65. The Kier molecular flexibility index (Phi) is 2.56. The van der Waals surface area contributed by atoms with Gasteiger partial charge in [-0.1, -0.05) is 12.2 Å². The van der Waals surface area contributed by atoms with Crippen molar-refractivity contribution in [2.24, 2.45) is 35.5 Å². The number of anilines is 1. The van der Waals surface area contributed by atoms with Gasteiger partial charge >= 0.3 is 0 Å². The smallest absolute Gasteiger partial charge is 0.235 e. The molecule has 5 heteroatoms. The lowest BCUT2D eigenvalue weighted by atomic mass is 9.63. The number of rotatable bonds is 3. The summed E-state index contributed by atoms with van der Waals surface area (Å²) in [5.41, 5.74) is 0.700. The van der Waals surface area contributed by atoms with Gasteiger partial charge < -0.3 is 5.32 Å². The summed E-state index contributed by atoms with van der Waals surface area (Å²) in [4.78, 5) is 26.9. The molecule has 1 heterocycles. The number of amides is 2. The van der Waals surface area contributed by atoms with Gasteiger partial charge in [0.05, 0.1) is 18.5 Å². The van der Waals surface area contributed by atoms with E-state index in [1.54, 1.807) is 12.1 Å². The molecule has 118 valence electrons. The molecule has 1 aromatic rings. The molecule has 23 heavy (non-hydrogen) atoms. The predicted molar refractivity (Wildman–Crippen MR) is 81.4 cm³/mol. The molecule has 5 aliphatic rings. The Hall–Kier alpha value is -2.17. The number of nitrogens with zero attached hydrogens (tertiary/aromatic N) is 1. The van der Waals surface area contributed by atoms with Crippen LogP contribution in [0.2, 0.25) is 0 Å². The van der Waals surface area contributed by atoms with Gasteiger partial charge in [0.1, 0.15) is 5.82 Å². The van der Waals surface area contributed by atoms with Crippen LogP contribution in [0.15, 0.2) is 36.4 Å². The number of benzene rings is 1. The van der Waals surface area contributed by atoms with Crippen LogP contribution in [0.25, 0.3) is 0 Å². The molecule has 1 saturated heterocycles. The average molecular weight is 312 g/mol. The van der Waals surface area contributed by atoms with E-state index in [1.165, 1.54) is 23.5 Å². The van der Waals surface area contributed by atoms with E-state index in [2.05, 4.69) is 17.5 Å². The maximum atomic E-state index is 12.9. The largest absolute Gasteiger partial charge is 0.367 e. The van der Waals surface area contributed by atoms with Gasteiger partial charge in [-0.3, -0.25) is 14.5 Å². The van der Waals surface area contributed by atoms with Crippen LogP contribution in [0.3, 0.4) is 0 Å². The second-order valence-electron chi connectivity index (χ2n) is 7.10. The average Bonchev–Trinajstić information content (AvgIpc) is 3.33. The lowest BCUT2D eigenvalue weighted by Gasteiger charge is -2.37. The minimum absolute atomic E-state index is 0.0423. The molecule has 1 aliphatic heterocycles. The molecule has 4 nitrogen and oxygen atoms in total. The standard InChI is InChI=1S/C18H17FN2O2/c19-9-1-3-10(4-2-9)20-8-21-17(22)15-11-5-6-12(14-7-13(11)14)16(15)18(21)23/h1-6,11-16,20H,7-8H2/t11-,12-,13-,14-,15-,16+/m0/s1. The first-order valence-electron chi connectivity index (χ1n) is 8.18. The Labute approximate surface area is 133 Å². The maximum absolute atomic E-state index is 12.9. The molecule has 1 aromatic carbocycles. The fourth-order valence-corrected chi connectivity index (χ4v) is 4.91. The minimum Gasteiger partial charge on any atom is -0.367 e. The zero-order valence-corrected chi connectivity index (χ0v) is 12.5. The van der Waals surface area contributed by atoms with Gasteiger partial charge in [-0.15, -0.1) is 0 Å². The van der Waals surface area contributed by atoms with Crippen molar-refractivity contribution in [1.29, 1.82) is 0 Å². The van der Waals surface area contributed by atoms with E-state index >= 15 is 0 Å². The SMILES string of the molecule is O=C1[C@@H]2[C@H]3C=C[C@@H]([C@@H]4C[C@@H]34)[C@@H]2C(=O)N1CNc1ccc(F)cc1. The van der Waals surface area contributed by atoms with Gasteiger partial charge in [0.25, 0.3) is 0 Å². The van der Waals surface area contributed by atoms with E-state index in [9.17, 15) is 14.0 Å². The van der Waals surface area contributed by atoms with Crippen molar-refractivity contribution in [3.05, 3.63) is 42.2 Å². The van der Waals surface area contributed by atoms with Crippen molar-refractivity contribution in [3.63, 3.8) is 0 Å². The molecule has 6 rings (SSSR count). The second-order valence-corrected chi connectivity index (χ2v) is 7.10. The Morgan fingerprint density at radius 3 is 2.13 bits per heavy atom. The van der Waals surface area contributed by atoms with Crippen molar-refractivity contribution in [2.45, 2.75) is 6.42 Å². The van der Waals surface area contributed by atoms with Crippen LogP contribution in [0.4, 0.5) is 10.1 Å². The van der Waals surface area contributed by atoms with Gasteiger partial charge in [-0.05, 0) is 54.4 Å². The maximum Gasteiger partial charge on any atom is 0.235 e. The third kappa shape index (κ3) is 1.76. The highest BCUT2D eigenvalue weighted by Gasteiger charge is 2.66. The van der Waals surface area contributed by atoms with Crippen molar-refractivity contribution in [2.75, 3.05) is 12.0 Å². The van der Waals surface area contributed by atoms with Crippen LogP contribution < -0.4 is 5.32 Å².